The maximum Gasteiger partial charge on any atom is 0.101 e. The Balaban J connectivity index is 0.000000561. The van der Waals surface area contributed by atoms with Crippen LogP contribution in [0.25, 0.3) is 0 Å². The molecule has 0 spiro atoms. The Hall–Kier alpha value is -0.810. The molecule has 1 aromatic carbocycles. The molecule has 0 radical (unpaired) electrons. The van der Waals surface area contributed by atoms with Crippen molar-refractivity contribution in [3.05, 3.63) is 33.8 Å². The van der Waals surface area contributed by atoms with E-state index in [0.717, 1.165) is 15.6 Å². The van der Waals surface area contributed by atoms with Crippen LogP contribution in [0.15, 0.2) is 22.7 Å². The van der Waals surface area contributed by atoms with E-state index in [1.54, 1.807) is 0 Å². The molecule has 0 aromatic heterocycles. The molecule has 0 bridgehead atoms. The minimum Gasteiger partial charge on any atom is -0.192 e. The lowest BCUT2D eigenvalue weighted by Crippen LogP contribution is -1.81. The molecule has 12 heavy (non-hydrogen) atoms. The van der Waals surface area contributed by atoms with Crippen molar-refractivity contribution < 1.29 is 0 Å². The van der Waals surface area contributed by atoms with Gasteiger partial charge in [0.15, 0.2) is 0 Å². The Morgan fingerprint density at radius 2 is 1.92 bits per heavy atom. The Morgan fingerprint density at radius 1 is 1.33 bits per heavy atom. The highest BCUT2D eigenvalue weighted by Gasteiger charge is 1.99. The first-order valence-electron chi connectivity index (χ1n) is 3.91. The van der Waals surface area contributed by atoms with Gasteiger partial charge in [-0.15, -0.1) is 0 Å². The number of aryl methyl sites for hydroxylation is 1. The van der Waals surface area contributed by atoms with Crippen LogP contribution in [-0.4, -0.2) is 0 Å². The number of halogens is 1. The second-order valence-electron chi connectivity index (χ2n) is 2.04. The van der Waals surface area contributed by atoms with E-state index < -0.39 is 0 Å². The summed E-state index contributed by atoms with van der Waals surface area (Å²) in [7, 11) is 0. The minimum atomic E-state index is 0.725. The maximum atomic E-state index is 8.62. The molecule has 0 saturated heterocycles. The van der Waals surface area contributed by atoms with Gasteiger partial charge in [0.05, 0.1) is 5.56 Å². The van der Waals surface area contributed by atoms with E-state index in [4.69, 9.17) is 5.26 Å². The summed E-state index contributed by atoms with van der Waals surface area (Å²) in [4.78, 5) is 0. The number of benzene rings is 1. The first kappa shape index (κ1) is 11.2. The van der Waals surface area contributed by atoms with E-state index in [1.165, 1.54) is 0 Å². The SMILES string of the molecule is CC.Cc1cccc(Br)c1C#N. The highest BCUT2D eigenvalue weighted by atomic mass is 79.9. The normalized spacial score (nSPS) is 7.92. The zero-order valence-electron chi connectivity index (χ0n) is 7.56. The molecule has 2 heteroatoms. The molecule has 0 aliphatic heterocycles. The van der Waals surface area contributed by atoms with Gasteiger partial charge in [-0.3, -0.25) is 0 Å². The predicted molar refractivity (Wildman–Crippen MR) is 54.9 cm³/mol. The summed E-state index contributed by atoms with van der Waals surface area (Å²) in [6.07, 6.45) is 0. The van der Waals surface area contributed by atoms with Crippen molar-refractivity contribution >= 4 is 15.9 Å². The highest BCUT2D eigenvalue weighted by molar-refractivity contribution is 9.10. The molecule has 0 N–H and O–H groups in total. The molecule has 0 aliphatic carbocycles. The number of hydrogen-bond acceptors (Lipinski definition) is 1. The Kier molecular flexibility index (Phi) is 5.40. The Labute approximate surface area is 82.2 Å². The number of hydrogen-bond donors (Lipinski definition) is 0. The molecular weight excluding hydrogens is 214 g/mol. The van der Waals surface area contributed by atoms with Crippen LogP contribution in [0.2, 0.25) is 0 Å². The molecule has 1 nitrogen and oxygen atoms in total. The van der Waals surface area contributed by atoms with Crippen LogP contribution in [0.4, 0.5) is 0 Å². The van der Waals surface area contributed by atoms with E-state index in [2.05, 4.69) is 22.0 Å². The summed E-state index contributed by atoms with van der Waals surface area (Å²) in [5.74, 6) is 0. The lowest BCUT2D eigenvalue weighted by Gasteiger charge is -1.96. The molecule has 0 unspecified atom stereocenters. The summed E-state index contributed by atoms with van der Waals surface area (Å²) in [5, 5.41) is 8.62. The van der Waals surface area contributed by atoms with Crippen LogP contribution in [-0.2, 0) is 0 Å². The summed E-state index contributed by atoms with van der Waals surface area (Å²) in [6.45, 7) is 5.92. The highest BCUT2D eigenvalue weighted by Crippen LogP contribution is 2.18. The molecule has 0 saturated carbocycles. The second kappa shape index (κ2) is 5.79. The van der Waals surface area contributed by atoms with Crippen molar-refractivity contribution in [1.29, 1.82) is 5.26 Å². The molecular formula is C10H12BrN. The topological polar surface area (TPSA) is 23.8 Å². The first-order chi connectivity index (χ1) is 5.75. The van der Waals surface area contributed by atoms with Gasteiger partial charge in [-0.05, 0) is 34.5 Å². The molecule has 0 aliphatic rings. The fraction of sp³-hybridized carbons (Fsp3) is 0.300. The lowest BCUT2D eigenvalue weighted by molar-refractivity contribution is 1.37. The third-order valence-electron chi connectivity index (χ3n) is 1.33. The van der Waals surface area contributed by atoms with Crippen LogP contribution in [0.3, 0.4) is 0 Å². The van der Waals surface area contributed by atoms with Crippen molar-refractivity contribution in [2.45, 2.75) is 20.8 Å². The van der Waals surface area contributed by atoms with Crippen LogP contribution < -0.4 is 0 Å². The van der Waals surface area contributed by atoms with E-state index in [0.29, 0.717) is 0 Å². The smallest absolute Gasteiger partial charge is 0.101 e. The molecule has 0 fully saturated rings. The van der Waals surface area contributed by atoms with Gasteiger partial charge in [0.1, 0.15) is 6.07 Å². The van der Waals surface area contributed by atoms with Gasteiger partial charge < -0.3 is 0 Å². The van der Waals surface area contributed by atoms with Gasteiger partial charge in [-0.2, -0.15) is 5.26 Å². The molecule has 1 aromatic rings. The lowest BCUT2D eigenvalue weighted by atomic mass is 10.1. The fourth-order valence-corrected chi connectivity index (χ4v) is 1.33. The van der Waals surface area contributed by atoms with E-state index in [-0.39, 0.29) is 0 Å². The van der Waals surface area contributed by atoms with E-state index >= 15 is 0 Å². The molecule has 0 amide bonds. The number of nitrogens with zero attached hydrogens (tertiary/aromatic N) is 1. The van der Waals surface area contributed by atoms with Gasteiger partial charge in [-0.25, -0.2) is 0 Å². The standard InChI is InChI=1S/C8H6BrN.C2H6/c1-6-3-2-4-8(9)7(6)5-10;1-2/h2-4H,1H3;1-2H3. The molecule has 0 heterocycles. The monoisotopic (exact) mass is 225 g/mol. The first-order valence-corrected chi connectivity index (χ1v) is 4.70. The number of nitriles is 1. The predicted octanol–water partition coefficient (Wildman–Crippen LogP) is 3.66. The van der Waals surface area contributed by atoms with Gasteiger partial charge in [-0.1, -0.05) is 26.0 Å². The van der Waals surface area contributed by atoms with Gasteiger partial charge in [0.2, 0.25) is 0 Å². The third-order valence-corrected chi connectivity index (χ3v) is 1.99. The zero-order chi connectivity index (χ0) is 9.56. The molecule has 64 valence electrons. The minimum absolute atomic E-state index is 0.725. The van der Waals surface area contributed by atoms with Crippen molar-refractivity contribution in [1.82, 2.24) is 0 Å². The molecule has 1 rings (SSSR count). The third kappa shape index (κ3) is 2.67. The summed E-state index contributed by atoms with van der Waals surface area (Å²) < 4.78 is 0.870. The quantitative estimate of drug-likeness (QED) is 0.662. The maximum absolute atomic E-state index is 8.62. The van der Waals surface area contributed by atoms with Crippen molar-refractivity contribution in [2.24, 2.45) is 0 Å². The average Bonchev–Trinajstić information content (AvgIpc) is 2.08. The van der Waals surface area contributed by atoms with Gasteiger partial charge in [0, 0.05) is 4.47 Å². The summed E-state index contributed by atoms with van der Waals surface area (Å²) in [6, 6.07) is 7.82. The van der Waals surface area contributed by atoms with Gasteiger partial charge in [0.25, 0.3) is 0 Å². The van der Waals surface area contributed by atoms with Crippen molar-refractivity contribution in [2.75, 3.05) is 0 Å². The summed E-state index contributed by atoms with van der Waals surface area (Å²) in [5.41, 5.74) is 1.74. The fourth-order valence-electron chi connectivity index (χ4n) is 0.774. The van der Waals surface area contributed by atoms with E-state index in [1.807, 2.05) is 39.0 Å². The van der Waals surface area contributed by atoms with Crippen LogP contribution in [0, 0.1) is 18.3 Å². The van der Waals surface area contributed by atoms with Crippen molar-refractivity contribution in [3.8, 4) is 6.07 Å². The Morgan fingerprint density at radius 3 is 2.25 bits per heavy atom. The van der Waals surface area contributed by atoms with Crippen molar-refractivity contribution in [3.63, 3.8) is 0 Å². The second-order valence-corrected chi connectivity index (χ2v) is 2.90. The van der Waals surface area contributed by atoms with E-state index in [9.17, 15) is 0 Å². The van der Waals surface area contributed by atoms with Gasteiger partial charge >= 0.3 is 0 Å². The van der Waals surface area contributed by atoms with Crippen LogP contribution in [0.5, 0.6) is 0 Å². The van der Waals surface area contributed by atoms with Crippen LogP contribution in [0.1, 0.15) is 25.0 Å². The number of rotatable bonds is 0. The molecule has 0 atom stereocenters. The Bertz CT molecular complexity index is 266. The largest absolute Gasteiger partial charge is 0.192 e. The van der Waals surface area contributed by atoms with Crippen LogP contribution >= 0.6 is 15.9 Å². The average molecular weight is 226 g/mol. The zero-order valence-corrected chi connectivity index (χ0v) is 9.14. The summed E-state index contributed by atoms with van der Waals surface area (Å²) >= 11 is 3.28.